The quantitative estimate of drug-likeness (QED) is 0.734. The number of carbonyl (C=O) groups excluding carboxylic acids is 1. The monoisotopic (exact) mass is 366 g/mol. The maximum absolute atomic E-state index is 12.5. The van der Waals surface area contributed by atoms with E-state index in [0.29, 0.717) is 5.56 Å². The summed E-state index contributed by atoms with van der Waals surface area (Å²) in [6, 6.07) is 6.40. The number of carbonyl (C=O) groups is 1. The molecule has 0 saturated heterocycles. The number of hydrogen-bond donors (Lipinski definition) is 2. The number of amides is 1. The molecule has 8 nitrogen and oxygen atoms in total. The van der Waals surface area contributed by atoms with Gasteiger partial charge in [0.1, 0.15) is 0 Å². The molecule has 0 unspecified atom stereocenters. The molecule has 1 aromatic carbocycles. The first-order chi connectivity index (χ1) is 12.2. The van der Waals surface area contributed by atoms with Crippen molar-refractivity contribution in [3.63, 3.8) is 0 Å². The lowest BCUT2D eigenvalue weighted by molar-refractivity contribution is -0.159. The van der Waals surface area contributed by atoms with Crippen molar-refractivity contribution in [1.29, 1.82) is 0 Å². The van der Waals surface area contributed by atoms with Crippen molar-refractivity contribution in [3.05, 3.63) is 47.6 Å². The van der Waals surface area contributed by atoms with Crippen molar-refractivity contribution in [2.75, 3.05) is 0 Å². The highest BCUT2D eigenvalue weighted by Crippen LogP contribution is 2.30. The number of aromatic amines is 1. The summed E-state index contributed by atoms with van der Waals surface area (Å²) in [6.45, 7) is 3.55. The predicted molar refractivity (Wildman–Crippen MR) is 81.6 cm³/mol. The highest BCUT2D eigenvalue weighted by molar-refractivity contribution is 5.92. The van der Waals surface area contributed by atoms with E-state index in [0.717, 1.165) is 5.56 Å². The van der Waals surface area contributed by atoms with Crippen LogP contribution < -0.4 is 5.32 Å². The van der Waals surface area contributed by atoms with Gasteiger partial charge >= 0.3 is 12.1 Å². The van der Waals surface area contributed by atoms with E-state index in [1.165, 1.54) is 6.20 Å². The van der Waals surface area contributed by atoms with Gasteiger partial charge in [-0.25, -0.2) is 0 Å². The van der Waals surface area contributed by atoms with Crippen LogP contribution in [0.25, 0.3) is 11.4 Å². The van der Waals surface area contributed by atoms with Crippen LogP contribution in [0.2, 0.25) is 0 Å². The maximum Gasteiger partial charge on any atom is 0.471 e. The first kappa shape index (κ1) is 17.6. The lowest BCUT2D eigenvalue weighted by Gasteiger charge is -2.26. The molecule has 0 aliphatic heterocycles. The van der Waals surface area contributed by atoms with E-state index in [1.807, 2.05) is 0 Å². The van der Waals surface area contributed by atoms with Gasteiger partial charge in [-0.1, -0.05) is 29.4 Å². The summed E-state index contributed by atoms with van der Waals surface area (Å²) in [5.74, 6) is -1.99. The van der Waals surface area contributed by atoms with Crippen LogP contribution in [0.1, 0.15) is 35.8 Å². The predicted octanol–water partition coefficient (Wildman–Crippen LogP) is 2.54. The van der Waals surface area contributed by atoms with Gasteiger partial charge in [0.05, 0.1) is 11.7 Å². The van der Waals surface area contributed by atoms with Crippen LogP contribution >= 0.6 is 0 Å². The Balaban J connectivity index is 1.78. The Morgan fingerprint density at radius 1 is 1.19 bits per heavy atom. The van der Waals surface area contributed by atoms with Gasteiger partial charge in [0, 0.05) is 5.56 Å². The third-order valence-electron chi connectivity index (χ3n) is 3.61. The first-order valence-corrected chi connectivity index (χ1v) is 7.37. The van der Waals surface area contributed by atoms with Crippen molar-refractivity contribution in [3.8, 4) is 11.4 Å². The number of rotatable bonds is 4. The highest BCUT2D eigenvalue weighted by atomic mass is 19.4. The summed E-state index contributed by atoms with van der Waals surface area (Å²) >= 11 is 0. The van der Waals surface area contributed by atoms with Crippen LogP contribution in [0, 0.1) is 0 Å². The molecule has 11 heteroatoms. The Morgan fingerprint density at radius 2 is 1.88 bits per heavy atom. The van der Waals surface area contributed by atoms with Crippen molar-refractivity contribution in [2.45, 2.75) is 25.6 Å². The lowest BCUT2D eigenvalue weighted by Crippen LogP contribution is -2.41. The van der Waals surface area contributed by atoms with Gasteiger partial charge in [0.15, 0.2) is 5.69 Å². The van der Waals surface area contributed by atoms with E-state index in [9.17, 15) is 18.0 Å². The van der Waals surface area contributed by atoms with E-state index in [1.54, 1.807) is 38.1 Å². The lowest BCUT2D eigenvalue weighted by atomic mass is 9.93. The largest absolute Gasteiger partial charge is 0.471 e. The van der Waals surface area contributed by atoms with Crippen molar-refractivity contribution in [2.24, 2.45) is 0 Å². The van der Waals surface area contributed by atoms with Gasteiger partial charge in [-0.3, -0.25) is 4.79 Å². The molecule has 0 saturated carbocycles. The molecule has 2 N–H and O–H groups in total. The average molecular weight is 366 g/mol. The molecule has 1 amide bonds. The molecule has 0 fully saturated rings. The standard InChI is InChI=1S/C15H13F3N6O2/c1-14(2,21-12(25)10-7-19-24-22-10)9-5-3-8(4-6-9)11-20-13(26-23-11)15(16,17)18/h3-7H,1-2H3,(H,21,25)(H,19,22,24). The number of nitrogens with one attached hydrogen (secondary N) is 2. The Morgan fingerprint density at radius 3 is 2.42 bits per heavy atom. The van der Waals surface area contributed by atoms with Crippen LogP contribution in [0.5, 0.6) is 0 Å². The van der Waals surface area contributed by atoms with Crippen LogP contribution in [-0.2, 0) is 11.7 Å². The summed E-state index contributed by atoms with van der Waals surface area (Å²) < 4.78 is 41.8. The van der Waals surface area contributed by atoms with Crippen LogP contribution in [0.4, 0.5) is 13.2 Å². The van der Waals surface area contributed by atoms with E-state index in [4.69, 9.17) is 0 Å². The molecule has 0 atom stereocenters. The zero-order valence-electron chi connectivity index (χ0n) is 13.6. The second-order valence-corrected chi connectivity index (χ2v) is 5.93. The Kier molecular flexibility index (Phi) is 4.22. The number of hydrogen-bond acceptors (Lipinski definition) is 6. The molecule has 26 heavy (non-hydrogen) atoms. The fourth-order valence-corrected chi connectivity index (χ4v) is 2.22. The highest BCUT2D eigenvalue weighted by Gasteiger charge is 2.38. The third kappa shape index (κ3) is 3.55. The molecule has 2 aromatic heterocycles. The van der Waals surface area contributed by atoms with Crippen molar-refractivity contribution < 1.29 is 22.5 Å². The number of H-pyrrole nitrogens is 1. The normalized spacial score (nSPS) is 12.2. The molecule has 0 spiro atoms. The molecular formula is C15H13F3N6O2. The van der Waals surface area contributed by atoms with Crippen LogP contribution in [0.3, 0.4) is 0 Å². The van der Waals surface area contributed by atoms with Gasteiger partial charge in [-0.2, -0.15) is 33.6 Å². The average Bonchev–Trinajstić information content (AvgIpc) is 3.26. The van der Waals surface area contributed by atoms with Gasteiger partial charge in [0.2, 0.25) is 5.82 Å². The zero-order valence-corrected chi connectivity index (χ0v) is 13.6. The Hall–Kier alpha value is -3.24. The van der Waals surface area contributed by atoms with Crippen molar-refractivity contribution >= 4 is 5.91 Å². The molecule has 0 radical (unpaired) electrons. The van der Waals surface area contributed by atoms with Crippen molar-refractivity contribution in [1.82, 2.24) is 30.9 Å². The second-order valence-electron chi connectivity index (χ2n) is 5.93. The molecule has 0 bridgehead atoms. The zero-order chi connectivity index (χ0) is 18.9. The van der Waals surface area contributed by atoms with E-state index >= 15 is 0 Å². The summed E-state index contributed by atoms with van der Waals surface area (Å²) in [7, 11) is 0. The Labute approximate surface area is 144 Å². The fraction of sp³-hybridized carbons (Fsp3) is 0.267. The molecular weight excluding hydrogens is 353 g/mol. The van der Waals surface area contributed by atoms with E-state index < -0.39 is 23.5 Å². The minimum absolute atomic E-state index is 0.140. The van der Waals surface area contributed by atoms with Gasteiger partial charge in [-0.05, 0) is 19.4 Å². The van der Waals surface area contributed by atoms with Crippen LogP contribution in [0.15, 0.2) is 35.0 Å². The summed E-state index contributed by atoms with van der Waals surface area (Å²) in [5.41, 5.74) is 0.452. The topological polar surface area (TPSA) is 110 Å². The second kappa shape index (κ2) is 6.24. The van der Waals surface area contributed by atoms with E-state index in [2.05, 4.69) is 35.4 Å². The number of alkyl halides is 3. The molecule has 0 aliphatic rings. The number of aromatic nitrogens is 5. The Bertz CT molecular complexity index is 900. The maximum atomic E-state index is 12.5. The smallest absolute Gasteiger partial charge is 0.342 e. The fourth-order valence-electron chi connectivity index (χ4n) is 2.22. The summed E-state index contributed by atoms with van der Waals surface area (Å²) in [5, 5.41) is 15.8. The molecule has 0 aliphatic carbocycles. The van der Waals surface area contributed by atoms with E-state index in [-0.39, 0.29) is 11.5 Å². The number of halogens is 3. The van der Waals surface area contributed by atoms with Gasteiger partial charge < -0.3 is 9.84 Å². The van der Waals surface area contributed by atoms with Crippen LogP contribution in [-0.4, -0.2) is 31.5 Å². The minimum atomic E-state index is -4.70. The summed E-state index contributed by atoms with van der Waals surface area (Å²) in [6.07, 6.45) is -3.40. The molecule has 2 heterocycles. The number of nitrogens with zero attached hydrogens (tertiary/aromatic N) is 4. The number of benzene rings is 1. The molecule has 3 rings (SSSR count). The third-order valence-corrected chi connectivity index (χ3v) is 3.61. The summed E-state index contributed by atoms with van der Waals surface area (Å²) in [4.78, 5) is 15.4. The molecule has 136 valence electrons. The SMILES string of the molecule is CC(C)(NC(=O)c1cn[nH]n1)c1ccc(-c2noc(C(F)(F)F)n2)cc1. The first-order valence-electron chi connectivity index (χ1n) is 7.37. The minimum Gasteiger partial charge on any atom is -0.342 e. The molecule has 3 aromatic rings. The van der Waals surface area contributed by atoms with Gasteiger partial charge in [0.25, 0.3) is 5.91 Å². The van der Waals surface area contributed by atoms with Gasteiger partial charge in [-0.15, -0.1) is 0 Å².